The molecule has 0 saturated carbocycles. The van der Waals surface area contributed by atoms with Gasteiger partial charge in [-0.25, -0.2) is 0 Å². The zero-order valence-electron chi connectivity index (χ0n) is 28.0. The fraction of sp³-hybridized carbons (Fsp3) is 0.125. The molecule has 230 valence electrons. The highest BCUT2D eigenvalue weighted by Crippen LogP contribution is 2.58. The Hall–Kier alpha value is -5.46. The van der Waals surface area contributed by atoms with E-state index in [2.05, 4.69) is 173 Å². The Balaban J connectivity index is 1.35. The van der Waals surface area contributed by atoms with Crippen LogP contribution in [0.25, 0.3) is 44.5 Å². The number of aryl methyl sites for hydroxylation is 4. The van der Waals surface area contributed by atoms with Gasteiger partial charge in [0.25, 0.3) is 0 Å². The molecule has 0 saturated heterocycles. The Labute approximate surface area is 284 Å². The van der Waals surface area contributed by atoms with E-state index in [-0.39, 0.29) is 11.8 Å². The monoisotopic (exact) mass is 614 g/mol. The molecule has 2 unspecified atom stereocenters. The van der Waals surface area contributed by atoms with Gasteiger partial charge in [-0.05, 0) is 112 Å². The van der Waals surface area contributed by atoms with Crippen LogP contribution in [0.15, 0.2) is 146 Å². The molecule has 0 bridgehead atoms. The van der Waals surface area contributed by atoms with Gasteiger partial charge in [0.05, 0.1) is 0 Å². The van der Waals surface area contributed by atoms with Crippen molar-refractivity contribution in [1.29, 1.82) is 0 Å². The standard InChI is InChI=1S/C48H38/c1-29-20-30(2)23-34(22-29)36-26-37(35-24-31(3)21-32(4)25-35)28-38(27-36)46-42-17-11-9-15-40(42)44-19-18-43-39-14-8-10-16-41(39)45(47(43)48(44)46)33-12-6-5-7-13-33/h5-28,45-46H,1-4H3. The molecule has 0 radical (unpaired) electrons. The van der Waals surface area contributed by atoms with E-state index in [1.807, 2.05) is 0 Å². The number of hydrogen-bond acceptors (Lipinski definition) is 0. The summed E-state index contributed by atoms with van der Waals surface area (Å²) in [5, 5.41) is 0. The minimum absolute atomic E-state index is 0.113. The second-order valence-electron chi connectivity index (χ2n) is 14.0. The normalized spacial score (nSPS) is 15.5. The van der Waals surface area contributed by atoms with Gasteiger partial charge in [-0.2, -0.15) is 0 Å². The summed E-state index contributed by atoms with van der Waals surface area (Å²) in [6.07, 6.45) is 0. The van der Waals surface area contributed by atoms with Gasteiger partial charge in [0.2, 0.25) is 0 Å². The molecule has 0 nitrogen and oxygen atoms in total. The molecule has 0 N–H and O–H groups in total. The first-order valence-electron chi connectivity index (χ1n) is 17.2. The van der Waals surface area contributed by atoms with Crippen molar-refractivity contribution in [3.05, 3.63) is 201 Å². The maximum Gasteiger partial charge on any atom is 0.0356 e. The van der Waals surface area contributed by atoms with E-state index in [0.717, 1.165) is 0 Å². The third-order valence-corrected chi connectivity index (χ3v) is 10.5. The van der Waals surface area contributed by atoms with Crippen LogP contribution in [-0.4, -0.2) is 0 Å². The summed E-state index contributed by atoms with van der Waals surface area (Å²) in [5.74, 6) is 0.299. The van der Waals surface area contributed by atoms with Gasteiger partial charge >= 0.3 is 0 Å². The zero-order chi connectivity index (χ0) is 32.5. The van der Waals surface area contributed by atoms with Crippen LogP contribution in [0.5, 0.6) is 0 Å². The van der Waals surface area contributed by atoms with E-state index in [0.29, 0.717) is 0 Å². The minimum atomic E-state index is 0.113. The summed E-state index contributed by atoms with van der Waals surface area (Å²) in [5.41, 5.74) is 24.2. The summed E-state index contributed by atoms with van der Waals surface area (Å²) in [7, 11) is 0. The molecule has 0 amide bonds. The predicted molar refractivity (Wildman–Crippen MR) is 202 cm³/mol. The van der Waals surface area contributed by atoms with Gasteiger partial charge in [0, 0.05) is 11.8 Å². The number of fused-ring (bicyclic) bond motifs is 7. The second kappa shape index (κ2) is 11.1. The summed E-state index contributed by atoms with van der Waals surface area (Å²) in [6, 6.07) is 55.4. The number of hydrogen-bond donors (Lipinski definition) is 0. The third kappa shape index (κ3) is 4.59. The van der Waals surface area contributed by atoms with E-state index < -0.39 is 0 Å². The van der Waals surface area contributed by atoms with Gasteiger partial charge in [-0.1, -0.05) is 162 Å². The molecule has 0 heteroatoms. The molecule has 0 fully saturated rings. The molecule has 2 atom stereocenters. The van der Waals surface area contributed by atoms with Crippen LogP contribution in [0.1, 0.15) is 67.5 Å². The minimum Gasteiger partial charge on any atom is -0.0622 e. The first-order valence-corrected chi connectivity index (χ1v) is 17.2. The largest absolute Gasteiger partial charge is 0.0622 e. The van der Waals surface area contributed by atoms with Crippen molar-refractivity contribution in [1.82, 2.24) is 0 Å². The van der Waals surface area contributed by atoms with Crippen molar-refractivity contribution in [2.75, 3.05) is 0 Å². The zero-order valence-corrected chi connectivity index (χ0v) is 28.0. The van der Waals surface area contributed by atoms with Crippen LogP contribution >= 0.6 is 0 Å². The van der Waals surface area contributed by atoms with Gasteiger partial charge in [0.15, 0.2) is 0 Å². The Morgan fingerprint density at radius 1 is 0.312 bits per heavy atom. The Kier molecular flexibility index (Phi) is 6.63. The van der Waals surface area contributed by atoms with Crippen molar-refractivity contribution >= 4 is 0 Å². The lowest BCUT2D eigenvalue weighted by atomic mass is 9.79. The molecule has 0 spiro atoms. The van der Waals surface area contributed by atoms with E-state index in [1.54, 1.807) is 0 Å². The van der Waals surface area contributed by atoms with Gasteiger partial charge in [-0.15, -0.1) is 0 Å². The lowest BCUT2D eigenvalue weighted by Gasteiger charge is -2.24. The Bertz CT molecular complexity index is 2280. The van der Waals surface area contributed by atoms with Gasteiger partial charge in [-0.3, -0.25) is 0 Å². The molecule has 7 aromatic rings. The van der Waals surface area contributed by atoms with Crippen molar-refractivity contribution in [3.8, 4) is 44.5 Å². The summed E-state index contributed by atoms with van der Waals surface area (Å²) in [6.45, 7) is 8.83. The average molecular weight is 615 g/mol. The molecule has 0 heterocycles. The molecule has 48 heavy (non-hydrogen) atoms. The highest BCUT2D eigenvalue weighted by atomic mass is 14.4. The summed E-state index contributed by atoms with van der Waals surface area (Å²) < 4.78 is 0. The molecule has 0 aliphatic heterocycles. The third-order valence-electron chi connectivity index (χ3n) is 10.5. The maximum absolute atomic E-state index is 2.48. The quantitative estimate of drug-likeness (QED) is 0.185. The van der Waals surface area contributed by atoms with E-state index >= 15 is 0 Å². The SMILES string of the molecule is Cc1cc(C)cc(-c2cc(-c3cc(C)cc(C)c3)cc(C3c4ccccc4-c4ccc5c(c43)C(c3ccccc3)c3ccccc3-5)c2)c1. The van der Waals surface area contributed by atoms with Crippen LogP contribution in [-0.2, 0) is 0 Å². The van der Waals surface area contributed by atoms with E-state index in [4.69, 9.17) is 0 Å². The van der Waals surface area contributed by atoms with Crippen LogP contribution < -0.4 is 0 Å². The Morgan fingerprint density at radius 2 is 0.708 bits per heavy atom. The fourth-order valence-corrected chi connectivity index (χ4v) is 8.80. The summed E-state index contributed by atoms with van der Waals surface area (Å²) >= 11 is 0. The second-order valence-corrected chi connectivity index (χ2v) is 14.0. The molecule has 7 aromatic carbocycles. The Morgan fingerprint density at radius 3 is 1.19 bits per heavy atom. The first-order chi connectivity index (χ1) is 23.4. The van der Waals surface area contributed by atoms with Crippen LogP contribution in [0.2, 0.25) is 0 Å². The van der Waals surface area contributed by atoms with Crippen LogP contribution in [0, 0.1) is 27.7 Å². The molecular formula is C48H38. The highest BCUT2D eigenvalue weighted by molar-refractivity contribution is 5.91. The van der Waals surface area contributed by atoms with Crippen LogP contribution in [0.3, 0.4) is 0 Å². The lowest BCUT2D eigenvalue weighted by Crippen LogP contribution is -2.08. The highest BCUT2D eigenvalue weighted by Gasteiger charge is 2.40. The molecule has 2 aliphatic rings. The van der Waals surface area contributed by atoms with E-state index in [9.17, 15) is 0 Å². The first kappa shape index (κ1) is 28.7. The smallest absolute Gasteiger partial charge is 0.0356 e. The molecule has 0 aromatic heterocycles. The summed E-state index contributed by atoms with van der Waals surface area (Å²) in [4.78, 5) is 0. The maximum atomic E-state index is 2.48. The molecule has 2 aliphatic carbocycles. The van der Waals surface area contributed by atoms with Crippen molar-refractivity contribution in [3.63, 3.8) is 0 Å². The van der Waals surface area contributed by atoms with Crippen molar-refractivity contribution in [2.45, 2.75) is 39.5 Å². The van der Waals surface area contributed by atoms with Gasteiger partial charge < -0.3 is 0 Å². The topological polar surface area (TPSA) is 0 Å². The fourth-order valence-electron chi connectivity index (χ4n) is 8.80. The van der Waals surface area contributed by atoms with E-state index in [1.165, 1.54) is 100 Å². The number of rotatable bonds is 4. The predicted octanol–water partition coefficient (Wildman–Crippen LogP) is 12.6. The molecule has 9 rings (SSSR count). The van der Waals surface area contributed by atoms with Crippen molar-refractivity contribution < 1.29 is 0 Å². The van der Waals surface area contributed by atoms with Crippen molar-refractivity contribution in [2.24, 2.45) is 0 Å². The van der Waals surface area contributed by atoms with Gasteiger partial charge in [0.1, 0.15) is 0 Å². The average Bonchev–Trinajstić information content (AvgIpc) is 3.61. The van der Waals surface area contributed by atoms with Crippen LogP contribution in [0.4, 0.5) is 0 Å². The molecular weight excluding hydrogens is 577 g/mol. The number of benzene rings is 7. The lowest BCUT2D eigenvalue weighted by molar-refractivity contribution is 0.938.